The SMILES string of the molecule is NCC(c1cccc(Cl)c1Cl)N1CCC[C@H]2CCCC[C@H]21. The van der Waals surface area contributed by atoms with E-state index in [1.807, 2.05) is 12.1 Å². The molecule has 1 heterocycles. The fourth-order valence-corrected chi connectivity index (χ4v) is 4.70. The monoisotopic (exact) mass is 326 g/mol. The van der Waals surface area contributed by atoms with Crippen molar-refractivity contribution in [1.82, 2.24) is 4.90 Å². The third-order valence-electron chi connectivity index (χ3n) is 5.25. The highest BCUT2D eigenvalue weighted by molar-refractivity contribution is 6.42. The third-order valence-corrected chi connectivity index (χ3v) is 6.08. The Kier molecular flexibility index (Phi) is 5.11. The van der Waals surface area contributed by atoms with E-state index in [0.29, 0.717) is 22.6 Å². The number of hydrogen-bond donors (Lipinski definition) is 1. The van der Waals surface area contributed by atoms with Gasteiger partial charge in [0.15, 0.2) is 0 Å². The summed E-state index contributed by atoms with van der Waals surface area (Å²) in [7, 11) is 0. The van der Waals surface area contributed by atoms with Gasteiger partial charge in [0.1, 0.15) is 0 Å². The molecule has 0 bridgehead atoms. The second kappa shape index (κ2) is 6.87. The van der Waals surface area contributed by atoms with E-state index in [4.69, 9.17) is 28.9 Å². The van der Waals surface area contributed by atoms with Crippen LogP contribution in [0, 0.1) is 5.92 Å². The van der Waals surface area contributed by atoms with E-state index in [2.05, 4.69) is 11.0 Å². The Bertz CT molecular complexity index is 490. The molecule has 2 fully saturated rings. The summed E-state index contributed by atoms with van der Waals surface area (Å²) in [5, 5.41) is 1.30. The molecule has 1 aromatic rings. The van der Waals surface area contributed by atoms with Crippen molar-refractivity contribution >= 4 is 23.2 Å². The number of piperidine rings is 1. The molecule has 2 aliphatic rings. The van der Waals surface area contributed by atoms with Crippen LogP contribution in [0.2, 0.25) is 10.0 Å². The number of halogens is 2. The number of hydrogen-bond acceptors (Lipinski definition) is 2. The van der Waals surface area contributed by atoms with Crippen LogP contribution in [0.4, 0.5) is 0 Å². The van der Waals surface area contributed by atoms with E-state index in [1.54, 1.807) is 0 Å². The molecule has 21 heavy (non-hydrogen) atoms. The summed E-state index contributed by atoms with van der Waals surface area (Å²) in [5.41, 5.74) is 7.23. The van der Waals surface area contributed by atoms with E-state index < -0.39 is 0 Å². The van der Waals surface area contributed by atoms with E-state index in [9.17, 15) is 0 Å². The number of nitrogens with zero attached hydrogens (tertiary/aromatic N) is 1. The van der Waals surface area contributed by atoms with Crippen molar-refractivity contribution in [3.05, 3.63) is 33.8 Å². The Labute approximate surface area is 137 Å². The molecule has 0 aromatic heterocycles. The van der Waals surface area contributed by atoms with Crippen molar-refractivity contribution in [3.8, 4) is 0 Å². The minimum absolute atomic E-state index is 0.196. The topological polar surface area (TPSA) is 29.3 Å². The zero-order chi connectivity index (χ0) is 14.8. The van der Waals surface area contributed by atoms with Crippen molar-refractivity contribution in [2.75, 3.05) is 13.1 Å². The molecule has 1 saturated heterocycles. The zero-order valence-electron chi connectivity index (χ0n) is 12.4. The lowest BCUT2D eigenvalue weighted by atomic mass is 9.77. The zero-order valence-corrected chi connectivity index (χ0v) is 13.9. The maximum atomic E-state index is 6.45. The van der Waals surface area contributed by atoms with Gasteiger partial charge in [-0.2, -0.15) is 0 Å². The molecule has 116 valence electrons. The Balaban J connectivity index is 1.89. The second-order valence-corrected chi connectivity index (χ2v) is 7.17. The van der Waals surface area contributed by atoms with Gasteiger partial charge in [0.2, 0.25) is 0 Å². The maximum Gasteiger partial charge on any atom is 0.0640 e. The lowest BCUT2D eigenvalue weighted by Crippen LogP contribution is -2.50. The first-order valence-electron chi connectivity index (χ1n) is 8.12. The minimum atomic E-state index is 0.196. The standard InChI is InChI=1S/C17H24Cl2N2/c18-14-8-3-7-13(17(14)19)16(11-20)21-10-4-6-12-5-1-2-9-15(12)21/h3,7-8,12,15-16H,1-2,4-6,9-11,20H2/t12-,15-,16?/m1/s1. The maximum absolute atomic E-state index is 6.45. The number of benzene rings is 1. The van der Waals surface area contributed by atoms with Crippen LogP contribution in [-0.2, 0) is 0 Å². The first kappa shape index (κ1) is 15.6. The van der Waals surface area contributed by atoms with Crippen LogP contribution in [0.15, 0.2) is 18.2 Å². The highest BCUT2D eigenvalue weighted by Gasteiger charge is 2.37. The summed E-state index contributed by atoms with van der Waals surface area (Å²) in [5.74, 6) is 0.847. The number of nitrogens with two attached hydrogens (primary N) is 1. The molecular formula is C17H24Cl2N2. The van der Waals surface area contributed by atoms with E-state index in [-0.39, 0.29) is 6.04 Å². The molecule has 1 aromatic carbocycles. The van der Waals surface area contributed by atoms with E-state index in [1.165, 1.54) is 38.5 Å². The van der Waals surface area contributed by atoms with Crippen LogP contribution in [0.25, 0.3) is 0 Å². The van der Waals surface area contributed by atoms with E-state index >= 15 is 0 Å². The lowest BCUT2D eigenvalue weighted by Gasteiger charge is -2.47. The molecule has 3 rings (SSSR count). The summed E-state index contributed by atoms with van der Waals surface area (Å²) >= 11 is 12.6. The quantitative estimate of drug-likeness (QED) is 0.876. The van der Waals surface area contributed by atoms with Crippen LogP contribution >= 0.6 is 23.2 Å². The van der Waals surface area contributed by atoms with Gasteiger partial charge in [-0.1, -0.05) is 48.2 Å². The molecule has 1 aliphatic heterocycles. The highest BCUT2D eigenvalue weighted by Crippen LogP contribution is 2.41. The van der Waals surface area contributed by atoms with Crippen LogP contribution in [0.3, 0.4) is 0 Å². The van der Waals surface area contributed by atoms with Crippen molar-refractivity contribution in [2.45, 2.75) is 50.6 Å². The third kappa shape index (κ3) is 3.10. The summed E-state index contributed by atoms with van der Waals surface area (Å²) in [6.45, 7) is 1.73. The summed E-state index contributed by atoms with van der Waals surface area (Å²) < 4.78 is 0. The predicted molar refractivity (Wildman–Crippen MR) is 89.9 cm³/mol. The van der Waals surface area contributed by atoms with Gasteiger partial charge < -0.3 is 5.73 Å². The van der Waals surface area contributed by atoms with Crippen LogP contribution in [-0.4, -0.2) is 24.0 Å². The fourth-order valence-electron chi connectivity index (χ4n) is 4.27. The first-order valence-corrected chi connectivity index (χ1v) is 8.87. The molecule has 1 unspecified atom stereocenters. The second-order valence-electron chi connectivity index (χ2n) is 6.39. The van der Waals surface area contributed by atoms with Crippen LogP contribution in [0.1, 0.15) is 50.1 Å². The predicted octanol–water partition coefficient (Wildman–Crippen LogP) is 4.65. The van der Waals surface area contributed by atoms with Crippen LogP contribution in [0.5, 0.6) is 0 Å². The first-order chi connectivity index (χ1) is 10.2. The summed E-state index contributed by atoms with van der Waals surface area (Å²) in [6, 6.07) is 6.78. The molecule has 0 spiro atoms. The van der Waals surface area contributed by atoms with Gasteiger partial charge >= 0.3 is 0 Å². The molecular weight excluding hydrogens is 303 g/mol. The minimum Gasteiger partial charge on any atom is -0.329 e. The van der Waals surface area contributed by atoms with Gasteiger partial charge in [0, 0.05) is 18.6 Å². The molecule has 1 aliphatic carbocycles. The number of rotatable bonds is 3. The van der Waals surface area contributed by atoms with Gasteiger partial charge in [0.25, 0.3) is 0 Å². The normalized spacial score (nSPS) is 28.1. The van der Waals surface area contributed by atoms with Gasteiger partial charge in [-0.15, -0.1) is 0 Å². The average Bonchev–Trinajstić information content (AvgIpc) is 2.52. The van der Waals surface area contributed by atoms with E-state index in [0.717, 1.165) is 18.0 Å². The van der Waals surface area contributed by atoms with Crippen molar-refractivity contribution in [3.63, 3.8) is 0 Å². The lowest BCUT2D eigenvalue weighted by molar-refractivity contribution is 0.0276. The van der Waals surface area contributed by atoms with Crippen molar-refractivity contribution in [1.29, 1.82) is 0 Å². The average molecular weight is 327 g/mol. The highest BCUT2D eigenvalue weighted by atomic mass is 35.5. The van der Waals surface area contributed by atoms with Gasteiger partial charge in [-0.25, -0.2) is 0 Å². The fraction of sp³-hybridized carbons (Fsp3) is 0.647. The molecule has 3 atom stereocenters. The molecule has 0 radical (unpaired) electrons. The number of likely N-dealkylation sites (tertiary alicyclic amines) is 1. The molecule has 4 heteroatoms. The summed E-state index contributed by atoms with van der Waals surface area (Å²) in [4.78, 5) is 2.62. The Morgan fingerprint density at radius 2 is 1.90 bits per heavy atom. The largest absolute Gasteiger partial charge is 0.329 e. The molecule has 2 N–H and O–H groups in total. The molecule has 1 saturated carbocycles. The Morgan fingerprint density at radius 3 is 2.71 bits per heavy atom. The van der Waals surface area contributed by atoms with Crippen molar-refractivity contribution in [2.24, 2.45) is 11.7 Å². The van der Waals surface area contributed by atoms with Gasteiger partial charge in [0.05, 0.1) is 10.0 Å². The summed E-state index contributed by atoms with van der Waals surface area (Å²) in [6.07, 6.45) is 8.07. The Hall–Kier alpha value is -0.280. The van der Waals surface area contributed by atoms with Crippen molar-refractivity contribution < 1.29 is 0 Å². The number of fused-ring (bicyclic) bond motifs is 1. The smallest absolute Gasteiger partial charge is 0.0640 e. The van der Waals surface area contributed by atoms with Gasteiger partial charge in [-0.05, 0) is 49.8 Å². The van der Waals surface area contributed by atoms with Crippen LogP contribution < -0.4 is 5.73 Å². The molecule has 2 nitrogen and oxygen atoms in total. The Morgan fingerprint density at radius 1 is 1.14 bits per heavy atom. The van der Waals surface area contributed by atoms with Gasteiger partial charge in [-0.3, -0.25) is 4.90 Å². The molecule has 0 amide bonds.